The monoisotopic (exact) mass is 374 g/mol. The first kappa shape index (κ1) is 17.2. The highest BCUT2D eigenvalue weighted by molar-refractivity contribution is 7.90. The number of hydrogen-bond donors (Lipinski definition) is 0. The number of ether oxygens (including phenoxy) is 1. The molecule has 0 unspecified atom stereocenters. The fourth-order valence-electron chi connectivity index (χ4n) is 4.77. The summed E-state index contributed by atoms with van der Waals surface area (Å²) in [6, 6.07) is 5.84. The molecule has 4 rings (SSSR count). The molecule has 3 fully saturated rings. The van der Waals surface area contributed by atoms with Crippen LogP contribution in [0.4, 0.5) is 5.69 Å². The zero-order chi connectivity index (χ0) is 19.1. The van der Waals surface area contributed by atoms with Crippen LogP contribution in [0, 0.1) is 23.2 Å². The van der Waals surface area contributed by atoms with E-state index in [9.17, 15) is 18.0 Å². The van der Waals surface area contributed by atoms with Crippen molar-refractivity contribution in [2.24, 2.45) is 11.8 Å². The fraction of sp³-hybridized carbons (Fsp3) is 0.500. The Kier molecular flexibility index (Phi) is 3.26. The van der Waals surface area contributed by atoms with Crippen LogP contribution in [0.5, 0.6) is 0 Å². The van der Waals surface area contributed by atoms with Crippen LogP contribution in [0.2, 0.25) is 0 Å². The second-order valence-electron chi connectivity index (χ2n) is 7.76. The molecule has 3 aliphatic heterocycles. The second kappa shape index (κ2) is 4.93. The Morgan fingerprint density at radius 1 is 1.15 bits per heavy atom. The van der Waals surface area contributed by atoms with Crippen LogP contribution in [-0.4, -0.2) is 37.7 Å². The molecule has 26 heavy (non-hydrogen) atoms. The minimum Gasteiger partial charge on any atom is -0.367 e. The first-order chi connectivity index (χ1) is 12.0. The Hall–Kier alpha value is -2.24. The number of anilines is 1. The number of imide groups is 1. The van der Waals surface area contributed by atoms with Crippen molar-refractivity contribution in [2.45, 2.75) is 42.8 Å². The molecule has 0 N–H and O–H groups in total. The van der Waals surface area contributed by atoms with Gasteiger partial charge in [-0.25, -0.2) is 13.3 Å². The van der Waals surface area contributed by atoms with Crippen LogP contribution in [0.3, 0.4) is 0 Å². The first-order valence-electron chi connectivity index (χ1n) is 8.34. The van der Waals surface area contributed by atoms with Gasteiger partial charge in [0.1, 0.15) is 6.07 Å². The van der Waals surface area contributed by atoms with Gasteiger partial charge in [-0.05, 0) is 44.9 Å². The van der Waals surface area contributed by atoms with E-state index in [0.29, 0.717) is 12.8 Å². The molecule has 2 bridgehead atoms. The van der Waals surface area contributed by atoms with Crippen LogP contribution in [0.25, 0.3) is 0 Å². The lowest BCUT2D eigenvalue weighted by atomic mass is 9.69. The molecule has 0 aliphatic carbocycles. The van der Waals surface area contributed by atoms with Crippen molar-refractivity contribution in [3.8, 4) is 6.07 Å². The minimum absolute atomic E-state index is 0.0159. The second-order valence-corrected chi connectivity index (χ2v) is 9.74. The van der Waals surface area contributed by atoms with Gasteiger partial charge in [0.05, 0.1) is 39.2 Å². The molecule has 7 nitrogen and oxygen atoms in total. The van der Waals surface area contributed by atoms with E-state index in [1.54, 1.807) is 0 Å². The van der Waals surface area contributed by atoms with Gasteiger partial charge in [-0.2, -0.15) is 5.26 Å². The fourth-order valence-corrected chi connectivity index (χ4v) is 5.62. The van der Waals surface area contributed by atoms with Crippen molar-refractivity contribution in [2.75, 3.05) is 11.2 Å². The standard InChI is InChI=1S/C18H18N2O5S/c1-17-6-7-18(2,25-17)14-13(17)15(21)20(16(14)22)11-5-4-10(9-19)12(8-11)26(3,23)24/h4-5,8,13-14H,6-7H2,1-3H3/t13-,14+,17-,18+. The van der Waals surface area contributed by atoms with Gasteiger partial charge in [0.15, 0.2) is 9.84 Å². The lowest BCUT2D eigenvalue weighted by Gasteiger charge is -2.27. The van der Waals surface area contributed by atoms with Gasteiger partial charge >= 0.3 is 0 Å². The Labute approximate surface area is 151 Å². The van der Waals surface area contributed by atoms with Gasteiger partial charge in [0.25, 0.3) is 0 Å². The average Bonchev–Trinajstić information content (AvgIpc) is 3.10. The maximum atomic E-state index is 13.1. The lowest BCUT2D eigenvalue weighted by Crippen LogP contribution is -2.40. The normalized spacial score (nSPS) is 35.7. The van der Waals surface area contributed by atoms with Crippen LogP contribution >= 0.6 is 0 Å². The van der Waals surface area contributed by atoms with Crippen molar-refractivity contribution >= 4 is 27.3 Å². The summed E-state index contributed by atoms with van der Waals surface area (Å²) in [5.74, 6) is -1.86. The number of benzene rings is 1. The van der Waals surface area contributed by atoms with E-state index >= 15 is 0 Å². The molecule has 2 amide bonds. The molecule has 0 radical (unpaired) electrons. The number of nitriles is 1. The summed E-state index contributed by atoms with van der Waals surface area (Å²) in [5, 5.41) is 9.14. The zero-order valence-corrected chi connectivity index (χ0v) is 15.5. The van der Waals surface area contributed by atoms with Crippen molar-refractivity contribution in [1.29, 1.82) is 5.26 Å². The number of nitrogens with zero attached hydrogens (tertiary/aromatic N) is 2. The number of sulfone groups is 1. The lowest BCUT2D eigenvalue weighted by molar-refractivity contribution is -0.129. The largest absolute Gasteiger partial charge is 0.367 e. The van der Waals surface area contributed by atoms with E-state index < -0.39 is 32.9 Å². The van der Waals surface area contributed by atoms with Crippen LogP contribution in [0.1, 0.15) is 32.3 Å². The molecule has 3 saturated heterocycles. The van der Waals surface area contributed by atoms with E-state index in [1.807, 2.05) is 19.9 Å². The summed E-state index contributed by atoms with van der Waals surface area (Å²) >= 11 is 0. The molecular weight excluding hydrogens is 356 g/mol. The summed E-state index contributed by atoms with van der Waals surface area (Å²) in [6.45, 7) is 3.72. The highest BCUT2D eigenvalue weighted by Gasteiger charge is 2.72. The Morgan fingerprint density at radius 2 is 1.69 bits per heavy atom. The van der Waals surface area contributed by atoms with Gasteiger partial charge in [0, 0.05) is 6.26 Å². The number of carbonyl (C=O) groups is 2. The SMILES string of the molecule is C[C@]12CC[C@](C)(O1)[C@@H]1C(=O)N(c3ccc(C#N)c(S(C)(=O)=O)c3)C(=O)[C@@H]12. The summed E-state index contributed by atoms with van der Waals surface area (Å²) in [4.78, 5) is 27.0. The van der Waals surface area contributed by atoms with Gasteiger partial charge in [-0.1, -0.05) is 0 Å². The predicted molar refractivity (Wildman–Crippen MR) is 90.9 cm³/mol. The third kappa shape index (κ3) is 2.04. The third-order valence-electron chi connectivity index (χ3n) is 5.95. The number of rotatable bonds is 2. The highest BCUT2D eigenvalue weighted by atomic mass is 32.2. The summed E-state index contributed by atoms with van der Waals surface area (Å²) < 4.78 is 30.0. The molecule has 3 heterocycles. The number of fused-ring (bicyclic) bond motifs is 5. The molecule has 0 spiro atoms. The smallest absolute Gasteiger partial charge is 0.240 e. The third-order valence-corrected chi connectivity index (χ3v) is 7.09. The molecule has 136 valence electrons. The zero-order valence-electron chi connectivity index (χ0n) is 14.6. The predicted octanol–water partition coefficient (Wildman–Crippen LogP) is 1.41. The van der Waals surface area contributed by atoms with Crippen molar-refractivity contribution in [1.82, 2.24) is 0 Å². The average molecular weight is 374 g/mol. The van der Waals surface area contributed by atoms with Crippen molar-refractivity contribution in [3.05, 3.63) is 23.8 Å². The van der Waals surface area contributed by atoms with Crippen LogP contribution in [0.15, 0.2) is 23.1 Å². The molecule has 3 aliphatic rings. The van der Waals surface area contributed by atoms with Gasteiger partial charge in [0.2, 0.25) is 11.8 Å². The Morgan fingerprint density at radius 3 is 2.15 bits per heavy atom. The van der Waals surface area contributed by atoms with Crippen LogP contribution in [-0.2, 0) is 24.2 Å². The van der Waals surface area contributed by atoms with Gasteiger partial charge in [-0.3, -0.25) is 9.59 Å². The number of amides is 2. The van der Waals surface area contributed by atoms with E-state index in [2.05, 4.69) is 0 Å². The number of carbonyl (C=O) groups excluding carboxylic acids is 2. The van der Waals surface area contributed by atoms with Crippen molar-refractivity contribution in [3.63, 3.8) is 0 Å². The minimum atomic E-state index is -3.68. The van der Waals surface area contributed by atoms with Gasteiger partial charge < -0.3 is 4.74 Å². The molecule has 4 atom stereocenters. The summed E-state index contributed by atoms with van der Waals surface area (Å²) in [5.41, 5.74) is -1.18. The first-order valence-corrected chi connectivity index (χ1v) is 10.2. The van der Waals surface area contributed by atoms with E-state index in [1.165, 1.54) is 18.2 Å². The topological polar surface area (TPSA) is 105 Å². The quantitative estimate of drug-likeness (QED) is 0.725. The maximum Gasteiger partial charge on any atom is 0.240 e. The van der Waals surface area contributed by atoms with E-state index in [0.717, 1.165) is 11.2 Å². The van der Waals surface area contributed by atoms with E-state index in [-0.39, 0.29) is 28.0 Å². The molecule has 0 aromatic heterocycles. The van der Waals surface area contributed by atoms with Gasteiger partial charge in [-0.15, -0.1) is 0 Å². The summed E-state index contributed by atoms with van der Waals surface area (Å²) in [6.07, 6.45) is 2.41. The van der Waals surface area contributed by atoms with Crippen LogP contribution < -0.4 is 4.90 Å². The molecule has 1 aromatic carbocycles. The number of hydrogen-bond acceptors (Lipinski definition) is 6. The molecule has 1 aromatic rings. The Bertz CT molecular complexity index is 977. The summed E-state index contributed by atoms with van der Waals surface area (Å²) in [7, 11) is -3.68. The molecule has 8 heteroatoms. The van der Waals surface area contributed by atoms with Crippen molar-refractivity contribution < 1.29 is 22.7 Å². The molecular formula is C18H18N2O5S. The van der Waals surface area contributed by atoms with E-state index in [4.69, 9.17) is 10.00 Å². The Balaban J connectivity index is 1.83. The molecule has 0 saturated carbocycles. The highest BCUT2D eigenvalue weighted by Crippen LogP contribution is 2.60. The maximum absolute atomic E-state index is 13.1.